The molecule has 7 heteroatoms. The van der Waals surface area contributed by atoms with E-state index >= 15 is 0 Å². The van der Waals surface area contributed by atoms with Crippen LogP contribution in [0.3, 0.4) is 0 Å². The van der Waals surface area contributed by atoms with Crippen LogP contribution in [-0.2, 0) is 20.7 Å². The molecule has 2 aromatic heterocycles. The minimum Gasteiger partial charge on any atom is -0.479 e. The largest absolute Gasteiger partial charge is 0.479 e. The summed E-state index contributed by atoms with van der Waals surface area (Å²) in [6, 6.07) is 17.6. The molecule has 0 radical (unpaired) electrons. The topological polar surface area (TPSA) is 118 Å². The lowest BCUT2D eigenvalue weighted by atomic mass is 9.91. The number of pyridine rings is 1. The van der Waals surface area contributed by atoms with Crippen LogP contribution in [0.4, 0.5) is 0 Å². The van der Waals surface area contributed by atoms with Crippen LogP contribution in [-0.4, -0.2) is 39.2 Å². The number of fused-ring (bicyclic) bond motifs is 4. The molecule has 0 aliphatic heterocycles. The van der Waals surface area contributed by atoms with Gasteiger partial charge in [-0.15, -0.1) is 0 Å². The summed E-state index contributed by atoms with van der Waals surface area (Å²) in [4.78, 5) is 32.1. The molecule has 0 spiro atoms. The third-order valence-electron chi connectivity index (χ3n) is 6.13. The quantitative estimate of drug-likeness (QED) is 0.321. The summed E-state index contributed by atoms with van der Waals surface area (Å²) >= 11 is 0. The number of nitrogens with one attached hydrogen (secondary N) is 1. The first-order valence-corrected chi connectivity index (χ1v) is 10.3. The molecule has 160 valence electrons. The molecule has 7 nitrogen and oxygen atoms in total. The van der Waals surface area contributed by atoms with Gasteiger partial charge in [0.15, 0.2) is 0 Å². The van der Waals surface area contributed by atoms with Crippen molar-refractivity contribution in [1.82, 2.24) is 9.97 Å². The van der Waals surface area contributed by atoms with Crippen LogP contribution in [0, 0.1) is 0 Å². The van der Waals surface area contributed by atoms with Crippen LogP contribution in [0.25, 0.3) is 22.0 Å². The number of aromatic amines is 1. The van der Waals surface area contributed by atoms with E-state index in [1.54, 1.807) is 24.7 Å². The normalized spacial score (nSPS) is 14.5. The number of carbonyl (C=O) groups excluding carboxylic acids is 1. The Morgan fingerprint density at radius 1 is 1.06 bits per heavy atom. The van der Waals surface area contributed by atoms with Crippen molar-refractivity contribution in [3.63, 3.8) is 0 Å². The maximum absolute atomic E-state index is 13.0. The van der Waals surface area contributed by atoms with E-state index in [0.717, 1.165) is 33.2 Å². The Kier molecular flexibility index (Phi) is 4.75. The molecule has 0 fully saturated rings. The lowest BCUT2D eigenvalue weighted by molar-refractivity contribution is -0.161. The Balaban J connectivity index is 1.40. The lowest BCUT2D eigenvalue weighted by Gasteiger charge is -2.24. The molecule has 4 aromatic rings. The summed E-state index contributed by atoms with van der Waals surface area (Å²) in [7, 11) is 0. The summed E-state index contributed by atoms with van der Waals surface area (Å²) in [6.07, 6.45) is 4.67. The first-order chi connectivity index (χ1) is 15.5. The van der Waals surface area contributed by atoms with Crippen molar-refractivity contribution in [1.29, 1.82) is 0 Å². The highest BCUT2D eigenvalue weighted by molar-refractivity contribution is 6.04. The molecule has 1 aliphatic carbocycles. The monoisotopic (exact) mass is 427 g/mol. The minimum atomic E-state index is -2.21. The van der Waals surface area contributed by atoms with E-state index in [2.05, 4.69) is 9.97 Å². The van der Waals surface area contributed by atoms with E-state index in [1.807, 2.05) is 48.5 Å². The molecule has 32 heavy (non-hydrogen) atoms. The molecular weight excluding hydrogens is 406 g/mol. The molecule has 2 aromatic carbocycles. The second-order valence-corrected chi connectivity index (χ2v) is 8.01. The van der Waals surface area contributed by atoms with Crippen LogP contribution in [0.15, 0.2) is 73.2 Å². The number of benzene rings is 2. The third-order valence-corrected chi connectivity index (χ3v) is 6.13. The second kappa shape index (κ2) is 7.62. The van der Waals surface area contributed by atoms with Gasteiger partial charge in [0.05, 0.1) is 11.7 Å². The van der Waals surface area contributed by atoms with Gasteiger partial charge in [-0.25, -0.2) is 9.59 Å². The average molecular weight is 427 g/mol. The molecule has 5 rings (SSSR count). The van der Waals surface area contributed by atoms with Crippen molar-refractivity contribution >= 4 is 22.8 Å². The van der Waals surface area contributed by atoms with Gasteiger partial charge in [0.25, 0.3) is 0 Å². The van der Waals surface area contributed by atoms with Crippen molar-refractivity contribution in [2.24, 2.45) is 5.73 Å². The number of nitrogens with two attached hydrogens (primary N) is 1. The van der Waals surface area contributed by atoms with E-state index < -0.39 is 17.5 Å². The molecule has 0 saturated heterocycles. The van der Waals surface area contributed by atoms with Gasteiger partial charge in [-0.3, -0.25) is 4.98 Å². The Morgan fingerprint density at radius 3 is 2.38 bits per heavy atom. The third kappa shape index (κ3) is 3.14. The predicted octanol–water partition coefficient (Wildman–Crippen LogP) is 3.24. The van der Waals surface area contributed by atoms with Crippen LogP contribution in [0.5, 0.6) is 0 Å². The van der Waals surface area contributed by atoms with Crippen molar-refractivity contribution in [2.45, 2.75) is 17.9 Å². The van der Waals surface area contributed by atoms with Crippen LogP contribution >= 0.6 is 0 Å². The zero-order valence-corrected chi connectivity index (χ0v) is 17.1. The predicted molar refractivity (Wildman–Crippen MR) is 119 cm³/mol. The number of aromatic nitrogens is 2. The number of carbonyl (C=O) groups is 2. The first kappa shape index (κ1) is 20.0. The maximum Gasteiger partial charge on any atom is 0.338 e. The van der Waals surface area contributed by atoms with Gasteiger partial charge in [0.1, 0.15) is 6.61 Å². The van der Waals surface area contributed by atoms with Crippen molar-refractivity contribution in [3.05, 3.63) is 89.9 Å². The summed E-state index contributed by atoms with van der Waals surface area (Å²) in [5, 5.41) is 10.6. The number of rotatable bonds is 6. The number of H-pyrrole nitrogens is 1. The maximum atomic E-state index is 13.0. The Hall–Kier alpha value is -3.97. The highest BCUT2D eigenvalue weighted by Crippen LogP contribution is 2.44. The number of esters is 1. The highest BCUT2D eigenvalue weighted by Gasteiger charge is 2.45. The SMILES string of the molecule is N[C@@](Cc1c[nH]c2cnccc12)(C(=O)O)C(=O)OCC1c2ccccc2-c2ccccc21. The zero-order chi connectivity index (χ0) is 22.3. The van der Waals surface area contributed by atoms with Gasteiger partial charge < -0.3 is 20.6 Å². The molecule has 0 unspecified atom stereocenters. The van der Waals surface area contributed by atoms with Gasteiger partial charge in [-0.1, -0.05) is 48.5 Å². The van der Waals surface area contributed by atoms with E-state index in [4.69, 9.17) is 10.5 Å². The van der Waals surface area contributed by atoms with Crippen LogP contribution < -0.4 is 5.73 Å². The van der Waals surface area contributed by atoms with Crippen LogP contribution in [0.2, 0.25) is 0 Å². The molecule has 0 bridgehead atoms. The van der Waals surface area contributed by atoms with E-state index in [9.17, 15) is 14.7 Å². The fourth-order valence-corrected chi connectivity index (χ4v) is 4.44. The summed E-state index contributed by atoms with van der Waals surface area (Å²) in [5.74, 6) is -2.57. The van der Waals surface area contributed by atoms with Gasteiger partial charge in [0.2, 0.25) is 5.54 Å². The summed E-state index contributed by atoms with van der Waals surface area (Å²) in [6.45, 7) is 0.0108. The first-order valence-electron chi connectivity index (χ1n) is 10.3. The number of carboxylic acids is 1. The minimum absolute atomic E-state index is 0.0108. The smallest absolute Gasteiger partial charge is 0.338 e. The fourth-order valence-electron chi connectivity index (χ4n) is 4.44. The van der Waals surface area contributed by atoms with Crippen molar-refractivity contribution in [2.75, 3.05) is 6.61 Å². The molecule has 0 amide bonds. The van der Waals surface area contributed by atoms with E-state index in [0.29, 0.717) is 5.56 Å². The van der Waals surface area contributed by atoms with E-state index in [-0.39, 0.29) is 18.9 Å². The molecule has 2 heterocycles. The number of hydrogen-bond donors (Lipinski definition) is 3. The molecular formula is C25H21N3O4. The molecule has 4 N–H and O–H groups in total. The standard InChI is InChI=1S/C25H21N3O4/c26-25(23(29)30,11-15-12-28-22-13-27-10-9-16(15)22)24(31)32-14-21-19-7-3-1-5-17(19)18-6-2-4-8-20(18)21/h1-10,12-13,21,28H,11,14,26H2,(H,29,30)/t25-/m0/s1. The number of aliphatic carboxylic acids is 1. The average Bonchev–Trinajstić information content (AvgIpc) is 3.36. The molecule has 1 atom stereocenters. The Labute approximate surface area is 183 Å². The van der Waals surface area contributed by atoms with Gasteiger partial charge in [0, 0.05) is 30.1 Å². The highest BCUT2D eigenvalue weighted by atomic mass is 16.5. The second-order valence-electron chi connectivity index (χ2n) is 8.01. The Morgan fingerprint density at radius 2 is 1.72 bits per heavy atom. The number of ether oxygens (including phenoxy) is 1. The molecule has 0 saturated carbocycles. The van der Waals surface area contributed by atoms with E-state index in [1.165, 1.54) is 0 Å². The fraction of sp³-hybridized carbons (Fsp3) is 0.160. The van der Waals surface area contributed by atoms with Crippen LogP contribution in [0.1, 0.15) is 22.6 Å². The number of nitrogens with zero attached hydrogens (tertiary/aromatic N) is 1. The Bertz CT molecular complexity index is 1300. The summed E-state index contributed by atoms with van der Waals surface area (Å²) in [5.41, 5.74) is 9.55. The van der Waals surface area contributed by atoms with Gasteiger partial charge in [-0.2, -0.15) is 0 Å². The van der Waals surface area contributed by atoms with Gasteiger partial charge in [-0.05, 0) is 33.9 Å². The zero-order valence-electron chi connectivity index (χ0n) is 17.1. The number of hydrogen-bond acceptors (Lipinski definition) is 5. The van der Waals surface area contributed by atoms with Crippen molar-refractivity contribution in [3.8, 4) is 11.1 Å². The van der Waals surface area contributed by atoms with Crippen molar-refractivity contribution < 1.29 is 19.4 Å². The summed E-state index contributed by atoms with van der Waals surface area (Å²) < 4.78 is 5.56. The number of carboxylic acid groups (broad SMARTS) is 1. The van der Waals surface area contributed by atoms with Gasteiger partial charge >= 0.3 is 11.9 Å². The molecule has 1 aliphatic rings. The lowest BCUT2D eigenvalue weighted by Crippen LogP contribution is -2.57.